The molecule has 2 aliphatic rings. The Balaban J connectivity index is 1.61. The molecule has 2 aliphatic heterocycles. The summed E-state index contributed by atoms with van der Waals surface area (Å²) < 4.78 is 0. The molecule has 0 unspecified atom stereocenters. The van der Waals surface area contributed by atoms with Crippen LogP contribution in [0.5, 0.6) is 0 Å². The number of hydrogen-bond donors (Lipinski definition) is 1. The maximum absolute atomic E-state index is 12.9. The average molecular weight is 381 g/mol. The maximum atomic E-state index is 12.9. The molecule has 1 N–H and O–H groups in total. The van der Waals surface area contributed by atoms with Crippen LogP contribution in [0.4, 0.5) is 0 Å². The van der Waals surface area contributed by atoms with E-state index < -0.39 is 5.60 Å². The van der Waals surface area contributed by atoms with Gasteiger partial charge in [0.15, 0.2) is 5.69 Å². The Labute approximate surface area is 165 Å². The van der Waals surface area contributed by atoms with Crippen molar-refractivity contribution in [2.45, 2.75) is 18.1 Å². The van der Waals surface area contributed by atoms with Crippen molar-refractivity contribution >= 4 is 5.91 Å². The Kier molecular flexibility index (Phi) is 5.39. The van der Waals surface area contributed by atoms with E-state index in [4.69, 9.17) is 0 Å². The third-order valence-electron chi connectivity index (χ3n) is 6.04. The van der Waals surface area contributed by atoms with Crippen LogP contribution in [0.15, 0.2) is 48.7 Å². The fraction of sp³-hybridized carbons (Fsp3) is 0.476. The van der Waals surface area contributed by atoms with Gasteiger partial charge in [-0.2, -0.15) is 5.10 Å². The van der Waals surface area contributed by atoms with E-state index in [0.717, 1.165) is 31.7 Å². The second-order valence-corrected chi connectivity index (χ2v) is 7.76. The molecule has 7 nitrogen and oxygen atoms in total. The second kappa shape index (κ2) is 7.95. The summed E-state index contributed by atoms with van der Waals surface area (Å²) in [6, 6.07) is 13.1. The highest BCUT2D eigenvalue weighted by Gasteiger charge is 2.47. The van der Waals surface area contributed by atoms with Crippen LogP contribution in [0, 0.1) is 0 Å². The van der Waals surface area contributed by atoms with Gasteiger partial charge >= 0.3 is 0 Å². The summed E-state index contributed by atoms with van der Waals surface area (Å²) in [5.41, 5.74) is 0.298. The van der Waals surface area contributed by atoms with Gasteiger partial charge in [-0.15, -0.1) is 5.10 Å². The number of piperazine rings is 1. The lowest BCUT2D eigenvalue weighted by Gasteiger charge is -2.51. The lowest BCUT2D eigenvalue weighted by atomic mass is 9.79. The molecule has 2 aromatic rings. The molecule has 1 amide bonds. The first-order valence-electron chi connectivity index (χ1n) is 9.85. The van der Waals surface area contributed by atoms with Gasteiger partial charge in [0.2, 0.25) is 0 Å². The molecule has 2 atom stereocenters. The van der Waals surface area contributed by atoms with Crippen LogP contribution in [0.1, 0.15) is 22.5 Å². The predicted octanol–water partition coefficient (Wildman–Crippen LogP) is 0.826. The van der Waals surface area contributed by atoms with Crippen molar-refractivity contribution in [3.05, 3.63) is 59.9 Å². The van der Waals surface area contributed by atoms with Crippen LogP contribution >= 0.6 is 0 Å². The molecule has 28 heavy (non-hydrogen) atoms. The monoisotopic (exact) mass is 381 g/mol. The van der Waals surface area contributed by atoms with E-state index in [1.54, 1.807) is 18.3 Å². The number of nitrogens with zero attached hydrogens (tertiary/aromatic N) is 5. The third-order valence-corrected chi connectivity index (χ3v) is 6.04. The number of rotatable bonds is 3. The Morgan fingerprint density at radius 3 is 2.50 bits per heavy atom. The molecule has 0 spiro atoms. The van der Waals surface area contributed by atoms with Gasteiger partial charge in [-0.25, -0.2) is 0 Å². The fourth-order valence-electron chi connectivity index (χ4n) is 4.30. The van der Waals surface area contributed by atoms with E-state index in [2.05, 4.69) is 27.0 Å². The van der Waals surface area contributed by atoms with Gasteiger partial charge in [0, 0.05) is 45.5 Å². The van der Waals surface area contributed by atoms with E-state index in [0.29, 0.717) is 25.2 Å². The molecule has 1 aromatic heterocycles. The zero-order chi connectivity index (χ0) is 19.6. The van der Waals surface area contributed by atoms with Crippen LogP contribution in [-0.2, 0) is 5.60 Å². The molecule has 7 heteroatoms. The molecular weight excluding hydrogens is 354 g/mol. The summed E-state index contributed by atoms with van der Waals surface area (Å²) >= 11 is 0. The van der Waals surface area contributed by atoms with Gasteiger partial charge in [0.05, 0.1) is 6.04 Å². The van der Waals surface area contributed by atoms with Crippen LogP contribution < -0.4 is 0 Å². The highest BCUT2D eigenvalue weighted by atomic mass is 16.3. The Hall–Kier alpha value is -2.35. The fourth-order valence-corrected chi connectivity index (χ4v) is 4.30. The number of hydrogen-bond acceptors (Lipinski definition) is 6. The molecule has 0 bridgehead atoms. The first-order chi connectivity index (χ1) is 13.6. The smallest absolute Gasteiger partial charge is 0.274 e. The third kappa shape index (κ3) is 3.65. The van der Waals surface area contributed by atoms with Crippen molar-refractivity contribution in [3.63, 3.8) is 0 Å². The van der Waals surface area contributed by atoms with Gasteiger partial charge in [-0.05, 0) is 31.2 Å². The predicted molar refractivity (Wildman–Crippen MR) is 106 cm³/mol. The molecule has 148 valence electrons. The first-order valence-corrected chi connectivity index (χ1v) is 9.85. The minimum absolute atomic E-state index is 0.123. The summed E-state index contributed by atoms with van der Waals surface area (Å²) in [6.07, 6.45) is 2.06. The minimum Gasteiger partial charge on any atom is -0.383 e. The van der Waals surface area contributed by atoms with Crippen molar-refractivity contribution in [1.29, 1.82) is 0 Å². The average Bonchev–Trinajstić information content (AvgIpc) is 2.75. The van der Waals surface area contributed by atoms with Crippen LogP contribution in [0.2, 0.25) is 0 Å². The number of carbonyl (C=O) groups excluding carboxylic acids is 1. The number of benzene rings is 1. The molecule has 0 radical (unpaired) electrons. The SMILES string of the molecule is CN1CCN([C@@H]2CN(C(=O)c3cccnn3)CC[C@]2(O)c2ccccc2)CC1. The van der Waals surface area contributed by atoms with Crippen LogP contribution in [-0.4, -0.2) is 88.3 Å². The van der Waals surface area contributed by atoms with Crippen molar-refractivity contribution in [3.8, 4) is 0 Å². The standard InChI is InChI=1S/C21H27N5O2/c1-24-12-14-25(15-13-24)19-16-26(20(27)18-8-5-10-22-23-18)11-9-21(19,28)17-6-3-2-4-7-17/h2-8,10,19,28H,9,11-16H2,1H3/t19-,21+/m1/s1. The Bertz CT molecular complexity index is 795. The molecule has 3 heterocycles. The van der Waals surface area contributed by atoms with E-state index in [1.807, 2.05) is 35.2 Å². The van der Waals surface area contributed by atoms with Gasteiger partial charge in [-0.1, -0.05) is 30.3 Å². The van der Waals surface area contributed by atoms with E-state index >= 15 is 0 Å². The zero-order valence-corrected chi connectivity index (χ0v) is 16.2. The number of likely N-dealkylation sites (tertiary alicyclic amines) is 1. The highest BCUT2D eigenvalue weighted by molar-refractivity contribution is 5.92. The number of aromatic nitrogens is 2. The topological polar surface area (TPSA) is 72.8 Å². The molecular formula is C21H27N5O2. The Morgan fingerprint density at radius 2 is 1.82 bits per heavy atom. The summed E-state index contributed by atoms with van der Waals surface area (Å²) in [4.78, 5) is 19.4. The summed E-state index contributed by atoms with van der Waals surface area (Å²) in [7, 11) is 2.12. The van der Waals surface area contributed by atoms with Crippen molar-refractivity contribution < 1.29 is 9.90 Å². The van der Waals surface area contributed by atoms with Crippen LogP contribution in [0.25, 0.3) is 0 Å². The number of amides is 1. The van der Waals surface area contributed by atoms with E-state index in [1.165, 1.54) is 0 Å². The molecule has 2 fully saturated rings. The molecule has 1 aromatic carbocycles. The number of carbonyl (C=O) groups is 1. The van der Waals surface area contributed by atoms with E-state index in [-0.39, 0.29) is 11.9 Å². The normalized spacial score (nSPS) is 26.9. The lowest BCUT2D eigenvalue weighted by molar-refractivity contribution is -0.101. The lowest BCUT2D eigenvalue weighted by Crippen LogP contribution is -2.64. The summed E-state index contributed by atoms with van der Waals surface area (Å²) in [5, 5.41) is 19.6. The van der Waals surface area contributed by atoms with Crippen molar-refractivity contribution in [2.75, 3.05) is 46.3 Å². The van der Waals surface area contributed by atoms with Gasteiger partial charge in [0.1, 0.15) is 5.60 Å². The second-order valence-electron chi connectivity index (χ2n) is 7.76. The van der Waals surface area contributed by atoms with E-state index in [9.17, 15) is 9.90 Å². The molecule has 4 rings (SSSR count). The maximum Gasteiger partial charge on any atom is 0.274 e. The molecule has 2 saturated heterocycles. The summed E-state index contributed by atoms with van der Waals surface area (Å²) in [6.45, 7) is 4.64. The van der Waals surface area contributed by atoms with Gasteiger partial charge in [0.25, 0.3) is 5.91 Å². The molecule has 0 saturated carbocycles. The first kappa shape index (κ1) is 19.0. The zero-order valence-electron chi connectivity index (χ0n) is 16.2. The largest absolute Gasteiger partial charge is 0.383 e. The quantitative estimate of drug-likeness (QED) is 0.849. The molecule has 0 aliphatic carbocycles. The number of likely N-dealkylation sites (N-methyl/N-ethyl adjacent to an activating group) is 1. The number of piperidine rings is 1. The van der Waals surface area contributed by atoms with Crippen molar-refractivity contribution in [1.82, 2.24) is 24.9 Å². The van der Waals surface area contributed by atoms with Gasteiger partial charge < -0.3 is 14.9 Å². The number of aliphatic hydroxyl groups is 1. The van der Waals surface area contributed by atoms with Gasteiger partial charge in [-0.3, -0.25) is 9.69 Å². The summed E-state index contributed by atoms with van der Waals surface area (Å²) in [5.74, 6) is -0.123. The minimum atomic E-state index is -0.976. The highest BCUT2D eigenvalue weighted by Crippen LogP contribution is 2.36. The van der Waals surface area contributed by atoms with Crippen molar-refractivity contribution in [2.24, 2.45) is 0 Å². The van der Waals surface area contributed by atoms with Crippen LogP contribution in [0.3, 0.4) is 0 Å². The Morgan fingerprint density at radius 1 is 1.07 bits per heavy atom.